The first kappa shape index (κ1) is 15.6. The Bertz CT molecular complexity index is 662. The zero-order valence-corrected chi connectivity index (χ0v) is 13.0. The van der Waals surface area contributed by atoms with E-state index in [4.69, 9.17) is 0 Å². The summed E-state index contributed by atoms with van der Waals surface area (Å²) in [6.07, 6.45) is 8.89. The second-order valence-corrected chi connectivity index (χ2v) is 5.85. The maximum Gasteiger partial charge on any atom is 0.223 e. The van der Waals surface area contributed by atoms with E-state index in [9.17, 15) is 9.18 Å². The molecule has 2 heterocycles. The van der Waals surface area contributed by atoms with Gasteiger partial charge in [-0.1, -0.05) is 12.1 Å². The highest BCUT2D eigenvalue weighted by molar-refractivity contribution is 5.77. The molecule has 1 atom stereocenters. The molecule has 4 nitrogen and oxygen atoms in total. The van der Waals surface area contributed by atoms with Gasteiger partial charge in [0.1, 0.15) is 5.82 Å². The summed E-state index contributed by atoms with van der Waals surface area (Å²) in [7, 11) is 0. The molecule has 2 aromatic rings. The number of piperidine rings is 1. The minimum atomic E-state index is -0.250. The Balaban J connectivity index is 1.69. The summed E-state index contributed by atoms with van der Waals surface area (Å²) < 4.78 is 13.5. The van der Waals surface area contributed by atoms with Gasteiger partial charge in [0.05, 0.1) is 11.7 Å². The molecule has 0 spiro atoms. The van der Waals surface area contributed by atoms with Gasteiger partial charge < -0.3 is 4.90 Å². The van der Waals surface area contributed by atoms with Crippen molar-refractivity contribution in [2.45, 2.75) is 38.1 Å². The van der Waals surface area contributed by atoms with E-state index in [0.29, 0.717) is 12.8 Å². The van der Waals surface area contributed by atoms with E-state index in [-0.39, 0.29) is 17.8 Å². The maximum absolute atomic E-state index is 13.5. The smallest absolute Gasteiger partial charge is 0.223 e. The van der Waals surface area contributed by atoms with Crippen LogP contribution in [0, 0.1) is 5.82 Å². The van der Waals surface area contributed by atoms with Crippen LogP contribution in [0.1, 0.15) is 43.0 Å². The molecule has 1 aliphatic heterocycles. The van der Waals surface area contributed by atoms with Crippen molar-refractivity contribution >= 4 is 5.91 Å². The monoisotopic (exact) mass is 313 g/mol. The highest BCUT2D eigenvalue weighted by Crippen LogP contribution is 2.31. The second kappa shape index (κ2) is 7.31. The molecule has 1 unspecified atom stereocenters. The summed E-state index contributed by atoms with van der Waals surface area (Å²) >= 11 is 0. The van der Waals surface area contributed by atoms with Crippen LogP contribution in [0.25, 0.3) is 0 Å². The lowest BCUT2D eigenvalue weighted by atomic mass is 9.94. The minimum absolute atomic E-state index is 0.0196. The number of hydrogen-bond donors (Lipinski definition) is 0. The van der Waals surface area contributed by atoms with Crippen LogP contribution < -0.4 is 0 Å². The largest absolute Gasteiger partial charge is 0.336 e. The molecule has 0 radical (unpaired) electrons. The van der Waals surface area contributed by atoms with Crippen LogP contribution in [0.4, 0.5) is 4.39 Å². The molecular weight excluding hydrogens is 293 g/mol. The lowest BCUT2D eigenvalue weighted by Gasteiger charge is -2.36. The maximum atomic E-state index is 13.5. The van der Waals surface area contributed by atoms with Gasteiger partial charge in [0, 0.05) is 31.6 Å². The fraction of sp³-hybridized carbons (Fsp3) is 0.389. The van der Waals surface area contributed by atoms with Crippen LogP contribution >= 0.6 is 0 Å². The van der Waals surface area contributed by atoms with Crippen LogP contribution in [0.2, 0.25) is 0 Å². The summed E-state index contributed by atoms with van der Waals surface area (Å²) in [5, 5.41) is 0. The van der Waals surface area contributed by atoms with E-state index in [2.05, 4.69) is 9.97 Å². The van der Waals surface area contributed by atoms with E-state index in [1.165, 1.54) is 6.07 Å². The van der Waals surface area contributed by atoms with E-state index >= 15 is 0 Å². The first-order chi connectivity index (χ1) is 11.2. The first-order valence-corrected chi connectivity index (χ1v) is 8.04. The fourth-order valence-corrected chi connectivity index (χ4v) is 3.13. The van der Waals surface area contributed by atoms with Gasteiger partial charge in [-0.15, -0.1) is 0 Å². The van der Waals surface area contributed by atoms with Gasteiger partial charge in [0.15, 0.2) is 0 Å². The van der Waals surface area contributed by atoms with E-state index < -0.39 is 0 Å². The molecule has 5 heteroatoms. The van der Waals surface area contributed by atoms with Gasteiger partial charge in [-0.05, 0) is 43.4 Å². The van der Waals surface area contributed by atoms with Crippen molar-refractivity contribution in [2.24, 2.45) is 0 Å². The number of halogens is 1. The SMILES string of the molecule is O=C(CCc1cnccn1)N1CCCCC1c1cccc(F)c1. The number of amides is 1. The zero-order chi connectivity index (χ0) is 16.1. The highest BCUT2D eigenvalue weighted by atomic mass is 19.1. The van der Waals surface area contributed by atoms with Crippen molar-refractivity contribution in [3.63, 3.8) is 0 Å². The summed E-state index contributed by atoms with van der Waals surface area (Å²) in [6.45, 7) is 0.737. The van der Waals surface area contributed by atoms with Gasteiger partial charge in [0.2, 0.25) is 5.91 Å². The molecule has 120 valence electrons. The summed E-state index contributed by atoms with van der Waals surface area (Å²) in [5.74, 6) is -0.148. The average Bonchev–Trinajstić information content (AvgIpc) is 2.60. The topological polar surface area (TPSA) is 46.1 Å². The Morgan fingerprint density at radius 1 is 1.30 bits per heavy atom. The molecule has 1 amide bonds. The van der Waals surface area contributed by atoms with Gasteiger partial charge in [-0.2, -0.15) is 0 Å². The summed E-state index contributed by atoms with van der Waals surface area (Å²) in [6, 6.07) is 6.57. The molecule has 0 aliphatic carbocycles. The molecule has 1 aliphatic rings. The third kappa shape index (κ3) is 3.92. The predicted octanol–water partition coefficient (Wildman–Crippen LogP) is 3.30. The number of nitrogens with zero attached hydrogens (tertiary/aromatic N) is 3. The summed E-state index contributed by atoms with van der Waals surface area (Å²) in [4.78, 5) is 22.7. The van der Waals surface area contributed by atoms with Gasteiger partial charge in [-0.25, -0.2) is 4.39 Å². The Kier molecular flexibility index (Phi) is 4.95. The lowest BCUT2D eigenvalue weighted by Crippen LogP contribution is -2.38. The van der Waals surface area contributed by atoms with Gasteiger partial charge in [-0.3, -0.25) is 14.8 Å². The van der Waals surface area contributed by atoms with Crippen LogP contribution in [0.3, 0.4) is 0 Å². The molecule has 0 saturated carbocycles. The lowest BCUT2D eigenvalue weighted by molar-refractivity contribution is -0.135. The number of benzene rings is 1. The van der Waals surface area contributed by atoms with Crippen molar-refractivity contribution in [3.05, 3.63) is 59.9 Å². The Hall–Kier alpha value is -2.30. The summed E-state index contributed by atoms with van der Waals surface area (Å²) in [5.41, 5.74) is 1.71. The standard InChI is InChI=1S/C18H20FN3O/c19-15-5-3-4-14(12-15)17-6-1-2-11-22(17)18(23)8-7-16-13-20-9-10-21-16/h3-5,9-10,12-13,17H,1-2,6-8,11H2. The molecular formula is C18H20FN3O. The Labute approximate surface area is 135 Å². The van der Waals surface area contributed by atoms with Crippen LogP contribution in [-0.4, -0.2) is 27.3 Å². The molecule has 1 fully saturated rings. The molecule has 3 rings (SSSR count). The average molecular weight is 313 g/mol. The predicted molar refractivity (Wildman–Crippen MR) is 85.1 cm³/mol. The van der Waals surface area contributed by atoms with E-state index in [0.717, 1.165) is 37.1 Å². The highest BCUT2D eigenvalue weighted by Gasteiger charge is 2.27. The molecule has 1 saturated heterocycles. The number of carbonyl (C=O) groups is 1. The van der Waals surface area contributed by atoms with Crippen molar-refractivity contribution < 1.29 is 9.18 Å². The van der Waals surface area contributed by atoms with E-state index in [1.807, 2.05) is 11.0 Å². The minimum Gasteiger partial charge on any atom is -0.336 e. The molecule has 1 aromatic carbocycles. The van der Waals surface area contributed by atoms with Crippen molar-refractivity contribution in [1.29, 1.82) is 0 Å². The van der Waals surface area contributed by atoms with Crippen LogP contribution in [0.15, 0.2) is 42.9 Å². The zero-order valence-electron chi connectivity index (χ0n) is 13.0. The first-order valence-electron chi connectivity index (χ1n) is 8.04. The van der Waals surface area contributed by atoms with Crippen molar-refractivity contribution in [2.75, 3.05) is 6.54 Å². The molecule has 0 bridgehead atoms. The van der Waals surface area contributed by atoms with Crippen molar-refractivity contribution in [1.82, 2.24) is 14.9 Å². The number of rotatable bonds is 4. The number of likely N-dealkylation sites (tertiary alicyclic amines) is 1. The number of carbonyl (C=O) groups excluding carboxylic acids is 1. The second-order valence-electron chi connectivity index (χ2n) is 5.85. The number of hydrogen-bond acceptors (Lipinski definition) is 3. The van der Waals surface area contributed by atoms with Crippen LogP contribution in [0.5, 0.6) is 0 Å². The van der Waals surface area contributed by atoms with E-state index in [1.54, 1.807) is 30.7 Å². The third-order valence-electron chi connectivity index (χ3n) is 4.27. The van der Waals surface area contributed by atoms with Crippen LogP contribution in [-0.2, 0) is 11.2 Å². The molecule has 23 heavy (non-hydrogen) atoms. The Morgan fingerprint density at radius 2 is 2.22 bits per heavy atom. The third-order valence-corrected chi connectivity index (χ3v) is 4.27. The molecule has 0 N–H and O–H groups in total. The quantitative estimate of drug-likeness (QED) is 0.870. The van der Waals surface area contributed by atoms with Gasteiger partial charge >= 0.3 is 0 Å². The fourth-order valence-electron chi connectivity index (χ4n) is 3.13. The molecule has 1 aromatic heterocycles. The van der Waals surface area contributed by atoms with Gasteiger partial charge in [0.25, 0.3) is 0 Å². The number of aromatic nitrogens is 2. The Morgan fingerprint density at radius 3 is 3.00 bits per heavy atom. The normalized spacial score (nSPS) is 18.0. The van der Waals surface area contributed by atoms with Crippen molar-refractivity contribution in [3.8, 4) is 0 Å². The number of aryl methyl sites for hydroxylation is 1.